The molecule has 6 nitrogen and oxygen atoms in total. The molecule has 3 atom stereocenters. The molecule has 0 bridgehead atoms. The smallest absolute Gasteiger partial charge is 0.323 e. The Balaban J connectivity index is 1.89. The van der Waals surface area contributed by atoms with E-state index in [9.17, 15) is 14.7 Å². The Hall–Kier alpha value is -2.44. The molecule has 1 aliphatic rings. The summed E-state index contributed by atoms with van der Waals surface area (Å²) in [6, 6.07) is 10.5. The van der Waals surface area contributed by atoms with Gasteiger partial charge in [0.25, 0.3) is 0 Å². The monoisotopic (exact) mass is 387 g/mol. The number of benzene rings is 1. The van der Waals surface area contributed by atoms with E-state index in [1.165, 1.54) is 0 Å². The molecule has 1 aromatic carbocycles. The number of carbonyl (C=O) groups is 2. The molecule has 1 fully saturated rings. The number of likely N-dealkylation sites (tertiary alicyclic amines) is 1. The number of nitrogens with zero attached hydrogens (tertiary/aromatic N) is 2. The first kappa shape index (κ1) is 19.3. The topological polar surface area (TPSA) is 82.5 Å². The Morgan fingerprint density at radius 3 is 2.70 bits per heavy atom. The first-order chi connectivity index (χ1) is 12.8. The molecule has 7 heteroatoms. The lowest BCUT2D eigenvalue weighted by molar-refractivity contribution is -0.148. The van der Waals surface area contributed by atoms with Crippen LogP contribution < -0.4 is 5.32 Å². The summed E-state index contributed by atoms with van der Waals surface area (Å²) in [6.07, 6.45) is 3.56. The second-order valence-electron chi connectivity index (χ2n) is 7.05. The van der Waals surface area contributed by atoms with Crippen LogP contribution in [0.15, 0.2) is 48.8 Å². The Bertz CT molecular complexity index is 845. The number of hydrogen-bond acceptors (Lipinski definition) is 4. The van der Waals surface area contributed by atoms with Gasteiger partial charge in [-0.2, -0.15) is 0 Å². The van der Waals surface area contributed by atoms with Gasteiger partial charge in [0, 0.05) is 30.0 Å². The number of hydrogen-bond donors (Lipinski definition) is 2. The number of aromatic nitrogens is 1. The van der Waals surface area contributed by atoms with E-state index < -0.39 is 23.5 Å². The highest BCUT2D eigenvalue weighted by molar-refractivity contribution is 6.31. The average molecular weight is 388 g/mol. The molecule has 1 aromatic heterocycles. The van der Waals surface area contributed by atoms with Crippen molar-refractivity contribution >= 4 is 23.5 Å². The molecule has 2 aromatic rings. The highest BCUT2D eigenvalue weighted by atomic mass is 35.5. The van der Waals surface area contributed by atoms with E-state index in [0.29, 0.717) is 11.6 Å². The SMILES string of the molecule is CN1[C@@H](c2ccccc2Cl)[C@@H](C(=O)NCc2cccnc2)C[C@@]1(C)C(=O)O. The summed E-state index contributed by atoms with van der Waals surface area (Å²) in [5.74, 6) is -1.68. The van der Waals surface area contributed by atoms with Crippen LogP contribution in [0.4, 0.5) is 0 Å². The van der Waals surface area contributed by atoms with Gasteiger partial charge >= 0.3 is 5.97 Å². The molecule has 2 N–H and O–H groups in total. The third kappa shape index (κ3) is 3.68. The molecule has 0 aliphatic carbocycles. The van der Waals surface area contributed by atoms with Crippen LogP contribution in [-0.2, 0) is 16.1 Å². The van der Waals surface area contributed by atoms with Crippen molar-refractivity contribution in [3.63, 3.8) is 0 Å². The van der Waals surface area contributed by atoms with Crippen molar-refractivity contribution in [3.05, 3.63) is 64.9 Å². The summed E-state index contributed by atoms with van der Waals surface area (Å²) in [7, 11) is 1.73. The number of rotatable bonds is 5. The Kier molecular flexibility index (Phi) is 5.48. The quantitative estimate of drug-likeness (QED) is 0.824. The average Bonchev–Trinajstić information content (AvgIpc) is 2.94. The molecule has 142 valence electrons. The summed E-state index contributed by atoms with van der Waals surface area (Å²) in [4.78, 5) is 30.7. The molecule has 1 saturated heterocycles. The van der Waals surface area contributed by atoms with E-state index in [1.807, 2.05) is 24.3 Å². The van der Waals surface area contributed by atoms with Crippen LogP contribution in [0.2, 0.25) is 5.02 Å². The van der Waals surface area contributed by atoms with Crippen molar-refractivity contribution in [1.29, 1.82) is 0 Å². The molecule has 1 amide bonds. The fourth-order valence-corrected chi connectivity index (χ4v) is 3.95. The van der Waals surface area contributed by atoms with Crippen molar-refractivity contribution < 1.29 is 14.7 Å². The zero-order chi connectivity index (χ0) is 19.6. The zero-order valence-corrected chi connectivity index (χ0v) is 16.0. The largest absolute Gasteiger partial charge is 0.480 e. The van der Waals surface area contributed by atoms with Gasteiger partial charge in [0.2, 0.25) is 5.91 Å². The fourth-order valence-electron chi connectivity index (χ4n) is 3.70. The van der Waals surface area contributed by atoms with Crippen LogP contribution >= 0.6 is 11.6 Å². The number of likely N-dealkylation sites (N-methyl/N-ethyl adjacent to an activating group) is 1. The molecular weight excluding hydrogens is 366 g/mol. The normalized spacial score (nSPS) is 25.3. The second-order valence-corrected chi connectivity index (χ2v) is 7.45. The van der Waals surface area contributed by atoms with Crippen LogP contribution in [0.5, 0.6) is 0 Å². The van der Waals surface area contributed by atoms with Gasteiger partial charge in [-0.15, -0.1) is 0 Å². The molecular formula is C20H22ClN3O3. The van der Waals surface area contributed by atoms with Gasteiger partial charge in [0.1, 0.15) is 5.54 Å². The number of carboxylic acid groups (broad SMARTS) is 1. The summed E-state index contributed by atoms with van der Waals surface area (Å²) in [5, 5.41) is 13.2. The molecule has 2 heterocycles. The molecule has 0 unspecified atom stereocenters. The molecule has 0 radical (unpaired) electrons. The first-order valence-corrected chi connectivity index (χ1v) is 9.10. The highest BCUT2D eigenvalue weighted by Crippen LogP contribution is 2.47. The molecule has 27 heavy (non-hydrogen) atoms. The number of aliphatic carboxylic acids is 1. The summed E-state index contributed by atoms with van der Waals surface area (Å²) in [6.45, 7) is 1.99. The maximum absolute atomic E-state index is 13.0. The predicted molar refractivity (Wildman–Crippen MR) is 102 cm³/mol. The van der Waals surface area contributed by atoms with E-state index in [-0.39, 0.29) is 12.3 Å². The van der Waals surface area contributed by atoms with Gasteiger partial charge in [0.05, 0.1) is 5.92 Å². The van der Waals surface area contributed by atoms with E-state index >= 15 is 0 Å². The Labute approximate surface area is 163 Å². The minimum atomic E-state index is -1.15. The van der Waals surface area contributed by atoms with E-state index in [0.717, 1.165) is 11.1 Å². The molecule has 3 rings (SSSR count). The fraction of sp³-hybridized carbons (Fsp3) is 0.350. The highest BCUT2D eigenvalue weighted by Gasteiger charge is 2.54. The van der Waals surface area contributed by atoms with Gasteiger partial charge in [-0.1, -0.05) is 35.9 Å². The van der Waals surface area contributed by atoms with Gasteiger partial charge in [0.15, 0.2) is 0 Å². The van der Waals surface area contributed by atoms with E-state index in [4.69, 9.17) is 11.6 Å². The number of pyridine rings is 1. The third-order valence-electron chi connectivity index (χ3n) is 5.41. The lowest BCUT2D eigenvalue weighted by Gasteiger charge is -2.32. The third-order valence-corrected chi connectivity index (χ3v) is 5.75. The summed E-state index contributed by atoms with van der Waals surface area (Å²) in [5.41, 5.74) is 0.487. The van der Waals surface area contributed by atoms with E-state index in [1.54, 1.807) is 43.4 Å². The van der Waals surface area contributed by atoms with Crippen LogP contribution in [0.1, 0.15) is 30.5 Å². The standard InChI is InChI=1S/C20H22ClN3O3/c1-20(19(26)27)10-15(18(25)23-12-13-6-5-9-22-11-13)17(24(20)2)14-7-3-4-8-16(14)21/h3-9,11,15,17H,10,12H2,1-2H3,(H,23,25)(H,26,27)/t15-,17-,20-/m0/s1. The lowest BCUT2D eigenvalue weighted by Crippen LogP contribution is -2.46. The summed E-state index contributed by atoms with van der Waals surface area (Å²) >= 11 is 6.37. The van der Waals surface area contributed by atoms with Crippen molar-refractivity contribution in [2.75, 3.05) is 7.05 Å². The van der Waals surface area contributed by atoms with Crippen molar-refractivity contribution in [3.8, 4) is 0 Å². The molecule has 1 aliphatic heterocycles. The van der Waals surface area contributed by atoms with Crippen LogP contribution in [-0.4, -0.2) is 39.5 Å². The Morgan fingerprint density at radius 2 is 2.07 bits per heavy atom. The van der Waals surface area contributed by atoms with E-state index in [2.05, 4.69) is 10.3 Å². The zero-order valence-electron chi connectivity index (χ0n) is 15.2. The number of halogens is 1. The molecule has 0 saturated carbocycles. The Morgan fingerprint density at radius 1 is 1.33 bits per heavy atom. The summed E-state index contributed by atoms with van der Waals surface area (Å²) < 4.78 is 0. The number of amides is 1. The number of nitrogens with one attached hydrogen (secondary N) is 1. The van der Waals surface area contributed by atoms with Gasteiger partial charge in [-0.3, -0.25) is 19.5 Å². The maximum atomic E-state index is 13.0. The van der Waals surface area contributed by atoms with Gasteiger partial charge in [-0.25, -0.2) is 0 Å². The lowest BCUT2D eigenvalue weighted by atomic mass is 9.89. The molecule has 0 spiro atoms. The van der Waals surface area contributed by atoms with Crippen LogP contribution in [0.25, 0.3) is 0 Å². The van der Waals surface area contributed by atoms with Crippen LogP contribution in [0, 0.1) is 5.92 Å². The van der Waals surface area contributed by atoms with Crippen molar-refractivity contribution in [2.24, 2.45) is 5.92 Å². The predicted octanol–water partition coefficient (Wildman–Crippen LogP) is 2.89. The van der Waals surface area contributed by atoms with Crippen molar-refractivity contribution in [2.45, 2.75) is 31.5 Å². The van der Waals surface area contributed by atoms with Crippen LogP contribution in [0.3, 0.4) is 0 Å². The van der Waals surface area contributed by atoms with Gasteiger partial charge in [-0.05, 0) is 43.7 Å². The minimum Gasteiger partial charge on any atom is -0.480 e. The minimum absolute atomic E-state index is 0.194. The van der Waals surface area contributed by atoms with Crippen molar-refractivity contribution in [1.82, 2.24) is 15.2 Å². The number of carbonyl (C=O) groups excluding carboxylic acids is 1. The van der Waals surface area contributed by atoms with Gasteiger partial charge < -0.3 is 10.4 Å². The maximum Gasteiger partial charge on any atom is 0.323 e. The first-order valence-electron chi connectivity index (χ1n) is 8.72. The number of carboxylic acids is 1. The second kappa shape index (κ2) is 7.66.